The zero-order valence-electron chi connectivity index (χ0n) is 38.1. The highest BCUT2D eigenvalue weighted by Gasteiger charge is 2.20. The number of thioether (sulfide) groups is 1. The maximum atomic E-state index is 10.1. The summed E-state index contributed by atoms with van der Waals surface area (Å²) in [6.07, 6.45) is 7.43. The first-order valence-electron chi connectivity index (χ1n) is 20.4. The Kier molecular flexibility index (Phi) is 50.7. The first-order chi connectivity index (χ1) is 29.8. The van der Waals surface area contributed by atoms with Crippen LogP contribution in [0, 0.1) is 11.8 Å². The smallest absolute Gasteiger partial charge is 0.320 e. The molecule has 27 heteroatoms. The third-order valence-corrected chi connectivity index (χ3v) is 8.33. The lowest BCUT2D eigenvalue weighted by molar-refractivity contribution is -0.141. The number of hydrogen-bond donors (Lipinski definition) is 17. The van der Waals surface area contributed by atoms with E-state index < -0.39 is 89.9 Å². The quantitative estimate of drug-likeness (QED) is 0.0480. The number of carbonyl (C=O) groups excluding carboxylic acids is 1. The number of carboxylic acid groups (broad SMARTS) is 8. The maximum absolute atomic E-state index is 10.1. The van der Waals surface area contributed by atoms with Crippen molar-refractivity contribution in [3.05, 3.63) is 0 Å². The molecule has 1 fully saturated rings. The van der Waals surface area contributed by atoms with E-state index in [1.165, 1.54) is 0 Å². The molecule has 25 N–H and O–H groups in total. The van der Waals surface area contributed by atoms with Gasteiger partial charge in [-0.2, -0.15) is 11.8 Å². The summed E-state index contributed by atoms with van der Waals surface area (Å²) in [5.74, 6) is -6.70. The number of carbonyl (C=O) groups is 9. The van der Waals surface area contributed by atoms with E-state index in [4.69, 9.17) is 86.7 Å². The molecule has 1 rings (SSSR count). The van der Waals surface area contributed by atoms with Gasteiger partial charge in [-0.25, -0.2) is 0 Å². The zero-order valence-corrected chi connectivity index (χ0v) is 38.9. The fourth-order valence-electron chi connectivity index (χ4n) is 3.94. The summed E-state index contributed by atoms with van der Waals surface area (Å²) in [7, 11) is 0. The highest BCUT2D eigenvalue weighted by Crippen LogP contribution is 2.04. The van der Waals surface area contributed by atoms with Crippen LogP contribution in [0.15, 0.2) is 0 Å². The molecule has 1 aliphatic heterocycles. The van der Waals surface area contributed by atoms with Crippen molar-refractivity contribution in [2.75, 3.05) is 25.1 Å². The predicted molar refractivity (Wildman–Crippen MR) is 242 cm³/mol. The van der Waals surface area contributed by atoms with E-state index >= 15 is 0 Å². The molecule has 384 valence electrons. The Morgan fingerprint density at radius 2 is 0.908 bits per heavy atom. The van der Waals surface area contributed by atoms with Crippen LogP contribution in [0.2, 0.25) is 0 Å². The number of aliphatic carboxylic acids is 8. The summed E-state index contributed by atoms with van der Waals surface area (Å²) in [5.41, 5.74) is 40.9. The van der Waals surface area contributed by atoms with Gasteiger partial charge in [-0.05, 0) is 94.7 Å². The highest BCUT2D eigenvalue weighted by molar-refractivity contribution is 7.98. The van der Waals surface area contributed by atoms with Gasteiger partial charge in [0.25, 0.3) is 0 Å². The Morgan fingerprint density at radius 1 is 0.554 bits per heavy atom. The van der Waals surface area contributed by atoms with Crippen molar-refractivity contribution in [2.24, 2.45) is 57.7 Å². The number of primary amides is 1. The first-order valence-corrected chi connectivity index (χ1v) is 21.8. The van der Waals surface area contributed by atoms with E-state index in [1.807, 2.05) is 34.0 Å². The number of hydrogen-bond acceptors (Lipinski definition) is 18. The fourth-order valence-corrected chi connectivity index (χ4v) is 4.43. The fraction of sp³-hybridized carbons (Fsp3) is 0.763. The minimum absolute atomic E-state index is 0.0213. The Balaban J connectivity index is -0.000000156. The van der Waals surface area contributed by atoms with Gasteiger partial charge in [-0.15, -0.1) is 0 Å². The average Bonchev–Trinajstić information content (AvgIpc) is 3.75. The van der Waals surface area contributed by atoms with Crippen LogP contribution < -0.4 is 51.2 Å². The summed E-state index contributed by atoms with van der Waals surface area (Å²) >= 11 is 1.60. The van der Waals surface area contributed by atoms with Crippen molar-refractivity contribution < 1.29 is 84.0 Å². The number of rotatable bonds is 24. The Labute approximate surface area is 383 Å². The number of nitrogens with one attached hydrogen (secondary N) is 1. The molecule has 0 aromatic rings. The van der Waals surface area contributed by atoms with Crippen LogP contribution in [-0.4, -0.2) is 162 Å². The molecule has 6 unspecified atom stereocenters. The third kappa shape index (κ3) is 59.3. The van der Waals surface area contributed by atoms with Gasteiger partial charge < -0.3 is 92.0 Å². The number of amides is 1. The van der Waals surface area contributed by atoms with Crippen LogP contribution in [0.4, 0.5) is 0 Å². The minimum atomic E-state index is -1.17. The van der Waals surface area contributed by atoms with Crippen LogP contribution in [0.1, 0.15) is 105 Å². The van der Waals surface area contributed by atoms with Gasteiger partial charge in [0.2, 0.25) is 5.91 Å². The van der Waals surface area contributed by atoms with Gasteiger partial charge in [0.15, 0.2) is 0 Å². The molecule has 1 saturated heterocycles. The number of unbranched alkanes of at least 4 members (excludes halogenated alkanes) is 1. The molecular formula is C38H79N9O17S. The second-order valence-corrected chi connectivity index (χ2v) is 15.9. The third-order valence-electron chi connectivity index (χ3n) is 7.69. The van der Waals surface area contributed by atoms with E-state index in [1.54, 1.807) is 11.8 Å². The predicted octanol–water partition coefficient (Wildman–Crippen LogP) is -1.68. The highest BCUT2D eigenvalue weighted by atomic mass is 32.2. The molecule has 0 aromatic heterocycles. The molecule has 0 bridgehead atoms. The molecule has 26 nitrogen and oxygen atoms in total. The SMILES string of the molecule is CC(C)CC(N)C(=O)O.CC(C)CC(N)C(=O)O.CSCCC(N)C(=O)O.NC(=O)CCC(N)C(=O)O.NC(CCC(=O)O)C(=O)O.NCCCCC(N)C(=O)O.O=C(O)[C@@H]1CCCN1. The molecule has 65 heavy (non-hydrogen) atoms. The normalized spacial score (nSPS) is 15.0. The van der Waals surface area contributed by atoms with Gasteiger partial charge in [0, 0.05) is 12.8 Å². The molecule has 0 spiro atoms. The Morgan fingerprint density at radius 3 is 1.14 bits per heavy atom. The van der Waals surface area contributed by atoms with Gasteiger partial charge in [-0.1, -0.05) is 34.1 Å². The van der Waals surface area contributed by atoms with E-state index in [9.17, 15) is 43.2 Å². The van der Waals surface area contributed by atoms with Crippen LogP contribution in [-0.2, 0) is 43.2 Å². The summed E-state index contributed by atoms with van der Waals surface area (Å²) < 4.78 is 0. The lowest BCUT2D eigenvalue weighted by Crippen LogP contribution is -2.31. The molecule has 7 atom stereocenters. The summed E-state index contributed by atoms with van der Waals surface area (Å²) in [6.45, 7) is 9.25. The van der Waals surface area contributed by atoms with E-state index in [0.29, 0.717) is 44.1 Å². The van der Waals surface area contributed by atoms with Gasteiger partial charge in [0.1, 0.15) is 42.3 Å². The Bertz CT molecular complexity index is 1280. The average molecular weight is 966 g/mol. The maximum Gasteiger partial charge on any atom is 0.320 e. The summed E-state index contributed by atoms with van der Waals surface area (Å²) in [6, 6.07) is -5.09. The van der Waals surface area contributed by atoms with Gasteiger partial charge >= 0.3 is 47.8 Å². The van der Waals surface area contributed by atoms with E-state index in [2.05, 4.69) is 5.32 Å². The van der Waals surface area contributed by atoms with E-state index in [0.717, 1.165) is 38.0 Å². The molecule has 0 saturated carbocycles. The van der Waals surface area contributed by atoms with Crippen molar-refractivity contribution in [3.63, 3.8) is 0 Å². The molecule has 1 aliphatic rings. The molecule has 1 heterocycles. The molecular weight excluding hydrogens is 887 g/mol. The lowest BCUT2D eigenvalue weighted by atomic mass is 10.1. The summed E-state index contributed by atoms with van der Waals surface area (Å²) in [4.78, 5) is 90.6. The molecule has 0 radical (unpaired) electrons. The minimum Gasteiger partial charge on any atom is -0.481 e. The second kappa shape index (κ2) is 45.8. The second-order valence-electron chi connectivity index (χ2n) is 14.9. The molecule has 0 aromatic carbocycles. The topological polar surface area (TPSA) is 536 Å². The standard InChI is InChI=1S/C6H14N2O2.2C6H13NO2.C5H10N2O3.C5H9NO4.C5H11NO2S.C5H9NO2/c7-4-2-1-3-5(8)6(9)10;2*1-4(2)3-5(7)6(8)9;2*6-3(5(9)10)1-2-4(7)8;1-9-3-2-4(6)5(7)8;7-5(8)4-2-1-3-6-4/h5H,1-4,7-8H2,(H,9,10);2*4-5H,3,7H2,1-2H3,(H,8,9);3H,1-2,6H2,(H2,7,8)(H,9,10);3H,1-2,6H2,(H,7,8)(H,9,10);4H,2-3,6H2,1H3,(H,7,8);4,6H,1-3H2,(H,7,8)/t;;;;;;4-/m......0/s1. The van der Waals surface area contributed by atoms with Crippen molar-refractivity contribution in [3.8, 4) is 0 Å². The van der Waals surface area contributed by atoms with Crippen LogP contribution in [0.5, 0.6) is 0 Å². The zero-order chi connectivity index (χ0) is 52.4. The lowest BCUT2D eigenvalue weighted by Gasteiger charge is -2.07. The van der Waals surface area contributed by atoms with Gasteiger partial charge in [0.05, 0.1) is 0 Å². The number of carboxylic acids is 8. The van der Waals surface area contributed by atoms with Crippen molar-refractivity contribution >= 4 is 65.4 Å². The summed E-state index contributed by atoms with van der Waals surface area (Å²) in [5, 5.41) is 68.9. The largest absolute Gasteiger partial charge is 0.481 e. The van der Waals surface area contributed by atoms with E-state index in [-0.39, 0.29) is 31.7 Å². The van der Waals surface area contributed by atoms with Gasteiger partial charge in [-0.3, -0.25) is 43.2 Å². The van der Waals surface area contributed by atoms with Crippen LogP contribution in [0.25, 0.3) is 0 Å². The van der Waals surface area contributed by atoms with Crippen LogP contribution >= 0.6 is 11.8 Å². The Hall–Kier alpha value is -4.74. The first kappa shape index (κ1) is 71.9. The van der Waals surface area contributed by atoms with Crippen LogP contribution in [0.3, 0.4) is 0 Å². The van der Waals surface area contributed by atoms with Crippen molar-refractivity contribution in [1.82, 2.24) is 5.32 Å². The molecule has 1 amide bonds. The monoisotopic (exact) mass is 966 g/mol. The van der Waals surface area contributed by atoms with Crippen molar-refractivity contribution in [1.29, 1.82) is 0 Å². The van der Waals surface area contributed by atoms with Crippen molar-refractivity contribution in [2.45, 2.75) is 147 Å². The molecule has 0 aliphatic carbocycles. The number of nitrogens with two attached hydrogens (primary N) is 8.